The van der Waals surface area contributed by atoms with Crippen LogP contribution in [0.1, 0.15) is 39.2 Å². The Balaban J connectivity index is 2.98. The second-order valence-corrected chi connectivity index (χ2v) is 4.30. The van der Waals surface area contributed by atoms with E-state index in [-0.39, 0.29) is 5.92 Å². The van der Waals surface area contributed by atoms with E-state index in [1.54, 1.807) is 12.4 Å². The van der Waals surface area contributed by atoms with E-state index in [0.29, 0.717) is 0 Å². The maximum atomic E-state index is 10.6. The third-order valence-corrected chi connectivity index (χ3v) is 2.73. The van der Waals surface area contributed by atoms with Crippen LogP contribution >= 0.6 is 0 Å². The smallest absolute Gasteiger partial charge is 0.115 e. The lowest BCUT2D eigenvalue weighted by Crippen LogP contribution is -2.29. The first-order valence-electron chi connectivity index (χ1n) is 5.76. The second kappa shape index (κ2) is 5.75. The van der Waals surface area contributed by atoms with Crippen molar-refractivity contribution < 1.29 is 5.11 Å². The molecule has 0 radical (unpaired) electrons. The first-order chi connectivity index (χ1) is 7.61. The van der Waals surface area contributed by atoms with Crippen LogP contribution in [0.15, 0.2) is 30.9 Å². The van der Waals surface area contributed by atoms with E-state index in [1.807, 2.05) is 26.0 Å². The Hall–Kier alpha value is -1.22. The summed E-state index contributed by atoms with van der Waals surface area (Å²) in [7, 11) is 0. The number of hydrogen-bond donors (Lipinski definition) is 1. The van der Waals surface area contributed by atoms with Gasteiger partial charge in [-0.2, -0.15) is 0 Å². The van der Waals surface area contributed by atoms with Crippen molar-refractivity contribution in [1.29, 1.82) is 0 Å². The zero-order chi connectivity index (χ0) is 12.0. The predicted molar refractivity (Wildman–Crippen MR) is 64.8 cm³/mol. The van der Waals surface area contributed by atoms with Crippen LogP contribution in [0.25, 0.3) is 0 Å². The molecule has 88 valence electrons. The van der Waals surface area contributed by atoms with Gasteiger partial charge in [0.2, 0.25) is 0 Å². The highest BCUT2D eigenvalue weighted by Crippen LogP contribution is 2.30. The van der Waals surface area contributed by atoms with Crippen LogP contribution in [0, 0.1) is 5.92 Å². The number of aliphatic hydroxyl groups is 1. The maximum absolute atomic E-state index is 10.6. The molecule has 1 rings (SSSR count). The Morgan fingerprint density at radius 3 is 2.50 bits per heavy atom. The largest absolute Gasteiger partial charge is 0.381 e. The first-order valence-corrected chi connectivity index (χ1v) is 5.76. The van der Waals surface area contributed by atoms with Gasteiger partial charge < -0.3 is 5.11 Å². The fourth-order valence-electron chi connectivity index (χ4n) is 1.56. The molecular formula is C13H20N2O. The molecule has 1 unspecified atom stereocenters. The first kappa shape index (κ1) is 12.8. The molecule has 0 spiro atoms. The molecule has 1 heterocycles. The molecule has 1 atom stereocenters. The van der Waals surface area contributed by atoms with Gasteiger partial charge in [0.1, 0.15) is 11.9 Å². The van der Waals surface area contributed by atoms with E-state index < -0.39 is 5.60 Å². The Bertz CT molecular complexity index is 335. The van der Waals surface area contributed by atoms with Crippen molar-refractivity contribution in [1.82, 2.24) is 9.97 Å². The molecule has 1 aromatic heterocycles. The summed E-state index contributed by atoms with van der Waals surface area (Å²) < 4.78 is 0. The van der Waals surface area contributed by atoms with Gasteiger partial charge in [-0.05, 0) is 12.3 Å². The average molecular weight is 220 g/mol. The summed E-state index contributed by atoms with van der Waals surface area (Å²) in [6, 6.07) is 0. The molecule has 0 bridgehead atoms. The van der Waals surface area contributed by atoms with Gasteiger partial charge in [0, 0.05) is 18.0 Å². The second-order valence-electron chi connectivity index (χ2n) is 4.30. The van der Waals surface area contributed by atoms with Crippen molar-refractivity contribution in [2.75, 3.05) is 0 Å². The number of aromatic nitrogens is 2. The van der Waals surface area contributed by atoms with Gasteiger partial charge in [-0.15, -0.1) is 0 Å². The normalized spacial score (nSPS) is 15.6. The topological polar surface area (TPSA) is 46.0 Å². The molecule has 0 aliphatic rings. The van der Waals surface area contributed by atoms with Gasteiger partial charge in [-0.25, -0.2) is 9.97 Å². The van der Waals surface area contributed by atoms with Crippen molar-refractivity contribution in [2.24, 2.45) is 5.92 Å². The minimum absolute atomic E-state index is 0.0895. The molecule has 0 aliphatic heterocycles. The number of unbranched alkanes of at least 4 members (excludes halogenated alkanes) is 1. The van der Waals surface area contributed by atoms with E-state index in [9.17, 15) is 5.11 Å². The van der Waals surface area contributed by atoms with E-state index >= 15 is 0 Å². The van der Waals surface area contributed by atoms with Gasteiger partial charge in [-0.3, -0.25) is 0 Å². The average Bonchev–Trinajstić information content (AvgIpc) is 2.30. The van der Waals surface area contributed by atoms with Gasteiger partial charge >= 0.3 is 0 Å². The summed E-state index contributed by atoms with van der Waals surface area (Å²) >= 11 is 0. The molecule has 0 fully saturated rings. The van der Waals surface area contributed by atoms with Gasteiger partial charge in [0.15, 0.2) is 0 Å². The zero-order valence-electron chi connectivity index (χ0n) is 10.2. The Labute approximate surface area is 97.3 Å². The fourth-order valence-corrected chi connectivity index (χ4v) is 1.56. The highest BCUT2D eigenvalue weighted by Gasteiger charge is 2.30. The van der Waals surface area contributed by atoms with Crippen LogP contribution in [0.4, 0.5) is 0 Å². The third kappa shape index (κ3) is 2.89. The van der Waals surface area contributed by atoms with Crippen LogP contribution in [-0.4, -0.2) is 15.1 Å². The minimum Gasteiger partial charge on any atom is -0.381 e. The molecule has 0 amide bonds. The summed E-state index contributed by atoms with van der Waals surface area (Å²) in [4.78, 5) is 7.91. The van der Waals surface area contributed by atoms with Crippen LogP contribution in [0.3, 0.4) is 0 Å². The Morgan fingerprint density at radius 2 is 2.00 bits per heavy atom. The standard InChI is InChI=1S/C13H20N2O/c1-4-5-6-7-13(16,11(2)3)12-8-14-10-15-9-12/h6-11,16H,4-5H2,1-3H3. The summed E-state index contributed by atoms with van der Waals surface area (Å²) in [6.07, 6.45) is 10.7. The summed E-state index contributed by atoms with van der Waals surface area (Å²) in [6.45, 7) is 6.09. The van der Waals surface area contributed by atoms with E-state index in [2.05, 4.69) is 16.9 Å². The van der Waals surface area contributed by atoms with Crippen molar-refractivity contribution >= 4 is 0 Å². The predicted octanol–water partition coefficient (Wildman–Crippen LogP) is 2.68. The fraction of sp³-hybridized carbons (Fsp3) is 0.538. The molecule has 3 nitrogen and oxygen atoms in total. The molecule has 0 saturated heterocycles. The number of hydrogen-bond acceptors (Lipinski definition) is 3. The van der Waals surface area contributed by atoms with Crippen molar-refractivity contribution in [3.05, 3.63) is 36.4 Å². The molecule has 1 aromatic rings. The van der Waals surface area contributed by atoms with E-state index in [4.69, 9.17) is 0 Å². The number of nitrogens with zero attached hydrogens (tertiary/aromatic N) is 2. The highest BCUT2D eigenvalue weighted by atomic mass is 16.3. The van der Waals surface area contributed by atoms with Crippen LogP contribution in [-0.2, 0) is 5.60 Å². The molecule has 0 aliphatic carbocycles. The van der Waals surface area contributed by atoms with Gasteiger partial charge in [0.05, 0.1) is 0 Å². The summed E-state index contributed by atoms with van der Waals surface area (Å²) in [5.74, 6) is 0.0895. The quantitative estimate of drug-likeness (QED) is 0.776. The van der Waals surface area contributed by atoms with Crippen LogP contribution < -0.4 is 0 Å². The summed E-state index contributed by atoms with van der Waals surface area (Å²) in [5.41, 5.74) is -0.214. The minimum atomic E-state index is -0.962. The molecule has 0 saturated carbocycles. The van der Waals surface area contributed by atoms with Crippen molar-refractivity contribution in [2.45, 2.75) is 39.2 Å². The monoisotopic (exact) mass is 220 g/mol. The molecular weight excluding hydrogens is 200 g/mol. The zero-order valence-corrected chi connectivity index (χ0v) is 10.2. The molecule has 1 N–H and O–H groups in total. The van der Waals surface area contributed by atoms with Crippen LogP contribution in [0.2, 0.25) is 0 Å². The van der Waals surface area contributed by atoms with Gasteiger partial charge in [-0.1, -0.05) is 39.3 Å². The maximum Gasteiger partial charge on any atom is 0.115 e. The highest BCUT2D eigenvalue weighted by molar-refractivity contribution is 5.22. The van der Waals surface area contributed by atoms with E-state index in [0.717, 1.165) is 18.4 Å². The van der Waals surface area contributed by atoms with E-state index in [1.165, 1.54) is 6.33 Å². The van der Waals surface area contributed by atoms with Crippen LogP contribution in [0.5, 0.6) is 0 Å². The summed E-state index contributed by atoms with van der Waals surface area (Å²) in [5, 5.41) is 10.6. The molecule has 0 aromatic carbocycles. The lowest BCUT2D eigenvalue weighted by atomic mass is 9.84. The number of allylic oxidation sites excluding steroid dienone is 1. The SMILES string of the molecule is CCCC=CC(O)(c1cncnc1)C(C)C. The lowest BCUT2D eigenvalue weighted by molar-refractivity contribution is 0.0390. The Morgan fingerprint density at radius 1 is 1.38 bits per heavy atom. The van der Waals surface area contributed by atoms with Crippen molar-refractivity contribution in [3.8, 4) is 0 Å². The third-order valence-electron chi connectivity index (χ3n) is 2.73. The molecule has 3 heteroatoms. The lowest BCUT2D eigenvalue weighted by Gasteiger charge is -2.28. The molecule has 16 heavy (non-hydrogen) atoms. The number of rotatable bonds is 5. The van der Waals surface area contributed by atoms with Crippen molar-refractivity contribution in [3.63, 3.8) is 0 Å². The van der Waals surface area contributed by atoms with Gasteiger partial charge in [0.25, 0.3) is 0 Å². The Kier molecular flexibility index (Phi) is 4.62.